The normalized spacial score (nSPS) is 12.1. The summed E-state index contributed by atoms with van der Waals surface area (Å²) in [6, 6.07) is 14.2. The van der Waals surface area contributed by atoms with Crippen LogP contribution in [0.4, 0.5) is 0 Å². The number of aryl methyl sites for hydroxylation is 3. The summed E-state index contributed by atoms with van der Waals surface area (Å²) in [4.78, 5) is 18.8. The van der Waals surface area contributed by atoms with Gasteiger partial charge < -0.3 is 19.4 Å². The number of likely N-dealkylation sites (N-methyl/N-ethyl adjacent to an activating group) is 1. The third kappa shape index (κ3) is 5.95. The highest BCUT2D eigenvalue weighted by molar-refractivity contribution is 5.76. The average molecular weight is 422 g/mol. The van der Waals surface area contributed by atoms with Gasteiger partial charge in [-0.25, -0.2) is 4.98 Å². The number of amides is 1. The minimum Gasteiger partial charge on any atom is -0.497 e. The molecule has 3 rings (SSSR count). The van der Waals surface area contributed by atoms with E-state index >= 15 is 0 Å². The van der Waals surface area contributed by atoms with Crippen LogP contribution in [-0.2, 0) is 11.2 Å². The SMILES string of the molecule is COc1ccc([C@H](CNC(=O)CCc2ncc(-c3ccc(C)c(C)c3)o2)N(C)C)cc1. The van der Waals surface area contributed by atoms with Crippen LogP contribution in [0.15, 0.2) is 53.1 Å². The van der Waals surface area contributed by atoms with Gasteiger partial charge in [0.1, 0.15) is 5.75 Å². The fourth-order valence-electron chi connectivity index (χ4n) is 3.40. The number of nitrogens with one attached hydrogen (secondary N) is 1. The second-order valence-corrected chi connectivity index (χ2v) is 7.97. The fraction of sp³-hybridized carbons (Fsp3) is 0.360. The first-order chi connectivity index (χ1) is 14.9. The summed E-state index contributed by atoms with van der Waals surface area (Å²) in [6.45, 7) is 4.68. The zero-order valence-electron chi connectivity index (χ0n) is 18.9. The second kappa shape index (κ2) is 10.3. The van der Waals surface area contributed by atoms with Crippen molar-refractivity contribution >= 4 is 5.91 Å². The van der Waals surface area contributed by atoms with Gasteiger partial charge in [-0.3, -0.25) is 4.79 Å². The predicted octanol–water partition coefficient (Wildman–Crippen LogP) is 4.32. The minimum atomic E-state index is -0.0220. The van der Waals surface area contributed by atoms with Gasteiger partial charge in [-0.15, -0.1) is 0 Å². The minimum absolute atomic E-state index is 0.0220. The molecule has 0 spiro atoms. The first-order valence-electron chi connectivity index (χ1n) is 10.5. The van der Waals surface area contributed by atoms with E-state index in [-0.39, 0.29) is 11.9 Å². The highest BCUT2D eigenvalue weighted by Gasteiger charge is 2.16. The summed E-state index contributed by atoms with van der Waals surface area (Å²) in [5.74, 6) is 2.09. The van der Waals surface area contributed by atoms with Crippen LogP contribution in [0.3, 0.4) is 0 Å². The Kier molecular flexibility index (Phi) is 7.47. The monoisotopic (exact) mass is 421 g/mol. The first kappa shape index (κ1) is 22.6. The Morgan fingerprint density at radius 3 is 2.52 bits per heavy atom. The molecule has 0 aliphatic heterocycles. The van der Waals surface area contributed by atoms with E-state index in [1.165, 1.54) is 11.1 Å². The van der Waals surface area contributed by atoms with Crippen molar-refractivity contribution in [3.05, 3.63) is 71.2 Å². The van der Waals surface area contributed by atoms with Crippen LogP contribution in [0.2, 0.25) is 0 Å². The molecule has 164 valence electrons. The number of hydrogen-bond acceptors (Lipinski definition) is 5. The van der Waals surface area contributed by atoms with E-state index < -0.39 is 0 Å². The van der Waals surface area contributed by atoms with E-state index in [1.807, 2.05) is 44.4 Å². The van der Waals surface area contributed by atoms with Gasteiger partial charge in [0.05, 0.1) is 19.3 Å². The Bertz CT molecular complexity index is 1010. The van der Waals surface area contributed by atoms with Gasteiger partial charge in [0.2, 0.25) is 5.91 Å². The van der Waals surface area contributed by atoms with Crippen LogP contribution in [0.5, 0.6) is 5.75 Å². The van der Waals surface area contributed by atoms with E-state index in [0.29, 0.717) is 25.3 Å². The Hall–Kier alpha value is -3.12. The van der Waals surface area contributed by atoms with Gasteiger partial charge in [-0.05, 0) is 62.8 Å². The predicted molar refractivity (Wildman–Crippen MR) is 122 cm³/mol. The van der Waals surface area contributed by atoms with Crippen molar-refractivity contribution in [2.75, 3.05) is 27.7 Å². The summed E-state index contributed by atoms with van der Waals surface area (Å²) < 4.78 is 11.1. The third-order valence-corrected chi connectivity index (χ3v) is 5.53. The average Bonchev–Trinajstić information content (AvgIpc) is 3.23. The molecule has 0 aliphatic carbocycles. The van der Waals surface area contributed by atoms with Crippen molar-refractivity contribution in [1.29, 1.82) is 0 Å². The lowest BCUT2D eigenvalue weighted by Gasteiger charge is -2.25. The summed E-state index contributed by atoms with van der Waals surface area (Å²) in [7, 11) is 5.65. The molecule has 0 fully saturated rings. The Balaban J connectivity index is 1.53. The molecule has 1 N–H and O–H groups in total. The van der Waals surface area contributed by atoms with E-state index in [1.54, 1.807) is 13.3 Å². The fourth-order valence-corrected chi connectivity index (χ4v) is 3.40. The molecule has 1 amide bonds. The van der Waals surface area contributed by atoms with E-state index in [4.69, 9.17) is 9.15 Å². The third-order valence-electron chi connectivity index (χ3n) is 5.53. The van der Waals surface area contributed by atoms with Crippen molar-refractivity contribution in [1.82, 2.24) is 15.2 Å². The number of carbonyl (C=O) groups is 1. The number of carbonyl (C=O) groups excluding carboxylic acids is 1. The molecule has 1 heterocycles. The zero-order valence-corrected chi connectivity index (χ0v) is 18.9. The molecule has 0 unspecified atom stereocenters. The van der Waals surface area contributed by atoms with Crippen LogP contribution in [0, 0.1) is 13.8 Å². The highest BCUT2D eigenvalue weighted by Crippen LogP contribution is 2.24. The molecule has 1 atom stereocenters. The van der Waals surface area contributed by atoms with Crippen molar-refractivity contribution in [3.63, 3.8) is 0 Å². The highest BCUT2D eigenvalue weighted by atomic mass is 16.5. The largest absolute Gasteiger partial charge is 0.497 e. The van der Waals surface area contributed by atoms with Crippen molar-refractivity contribution < 1.29 is 13.9 Å². The molecular formula is C25H31N3O3. The van der Waals surface area contributed by atoms with Crippen molar-refractivity contribution in [2.24, 2.45) is 0 Å². The van der Waals surface area contributed by atoms with Crippen LogP contribution in [0.1, 0.15) is 35.0 Å². The van der Waals surface area contributed by atoms with Gasteiger partial charge in [-0.1, -0.05) is 24.3 Å². The van der Waals surface area contributed by atoms with Crippen LogP contribution in [0.25, 0.3) is 11.3 Å². The molecule has 0 radical (unpaired) electrons. The van der Waals surface area contributed by atoms with Crippen molar-refractivity contribution in [2.45, 2.75) is 32.7 Å². The summed E-state index contributed by atoms with van der Waals surface area (Å²) in [5, 5.41) is 3.03. The molecule has 6 heteroatoms. The molecule has 0 saturated heterocycles. The molecule has 0 aliphatic rings. The lowest BCUT2D eigenvalue weighted by atomic mass is 10.1. The number of aromatic nitrogens is 1. The molecule has 3 aromatic rings. The number of nitrogens with zero attached hydrogens (tertiary/aromatic N) is 2. The first-order valence-corrected chi connectivity index (χ1v) is 10.5. The van der Waals surface area contributed by atoms with Gasteiger partial charge in [0, 0.05) is 24.9 Å². The zero-order chi connectivity index (χ0) is 22.4. The Morgan fingerprint density at radius 2 is 1.87 bits per heavy atom. The van der Waals surface area contributed by atoms with E-state index in [9.17, 15) is 4.79 Å². The van der Waals surface area contributed by atoms with Gasteiger partial charge >= 0.3 is 0 Å². The second-order valence-electron chi connectivity index (χ2n) is 7.97. The van der Waals surface area contributed by atoms with Crippen molar-refractivity contribution in [3.8, 4) is 17.1 Å². The molecule has 31 heavy (non-hydrogen) atoms. The quantitative estimate of drug-likeness (QED) is 0.557. The number of hydrogen-bond donors (Lipinski definition) is 1. The maximum Gasteiger partial charge on any atom is 0.220 e. The number of ether oxygens (including phenoxy) is 1. The molecule has 1 aromatic heterocycles. The van der Waals surface area contributed by atoms with Gasteiger partial charge in [-0.2, -0.15) is 0 Å². The summed E-state index contributed by atoms with van der Waals surface area (Å²) in [5.41, 5.74) is 4.57. The molecule has 6 nitrogen and oxygen atoms in total. The molecule has 0 saturated carbocycles. The number of methoxy groups -OCH3 is 1. The molecule has 0 bridgehead atoms. The smallest absolute Gasteiger partial charge is 0.220 e. The van der Waals surface area contributed by atoms with Crippen LogP contribution in [-0.4, -0.2) is 43.5 Å². The summed E-state index contributed by atoms with van der Waals surface area (Å²) >= 11 is 0. The number of oxazole rings is 1. The molecular weight excluding hydrogens is 390 g/mol. The molecule has 2 aromatic carbocycles. The standard InChI is InChI=1S/C25H31N3O3/c1-17-6-7-20(14-18(17)2)23-16-27-25(31-23)13-12-24(29)26-15-22(28(3)4)19-8-10-21(30-5)11-9-19/h6-11,14,16,22H,12-13,15H2,1-5H3,(H,26,29)/t22-/m0/s1. The van der Waals surface area contributed by atoms with Crippen LogP contribution >= 0.6 is 0 Å². The van der Waals surface area contributed by atoms with Gasteiger partial charge in [0.15, 0.2) is 11.7 Å². The van der Waals surface area contributed by atoms with Crippen LogP contribution < -0.4 is 10.1 Å². The Labute approximate surface area is 184 Å². The maximum absolute atomic E-state index is 12.4. The number of benzene rings is 2. The maximum atomic E-state index is 12.4. The number of rotatable bonds is 9. The van der Waals surface area contributed by atoms with E-state index in [2.05, 4.69) is 41.2 Å². The lowest BCUT2D eigenvalue weighted by molar-refractivity contribution is -0.121. The van der Waals surface area contributed by atoms with E-state index in [0.717, 1.165) is 22.6 Å². The lowest BCUT2D eigenvalue weighted by Crippen LogP contribution is -2.34. The Morgan fingerprint density at radius 1 is 1.13 bits per heavy atom. The van der Waals surface area contributed by atoms with Gasteiger partial charge in [0.25, 0.3) is 0 Å². The summed E-state index contributed by atoms with van der Waals surface area (Å²) in [6.07, 6.45) is 2.52. The topological polar surface area (TPSA) is 67.6 Å².